The van der Waals surface area contributed by atoms with Crippen molar-refractivity contribution in [1.82, 2.24) is 4.98 Å². The molecule has 0 atom stereocenters. The second-order valence-electron chi connectivity index (χ2n) is 2.24. The molecular formula is C8H10BrNS. The van der Waals surface area contributed by atoms with E-state index in [9.17, 15) is 0 Å². The average molecular weight is 232 g/mol. The van der Waals surface area contributed by atoms with Gasteiger partial charge in [-0.1, -0.05) is 22.0 Å². The number of hydrogen-bond acceptors (Lipinski definition) is 2. The van der Waals surface area contributed by atoms with Crippen LogP contribution in [-0.2, 0) is 0 Å². The number of alkyl halides is 1. The molecule has 0 spiro atoms. The van der Waals surface area contributed by atoms with E-state index in [2.05, 4.69) is 33.1 Å². The van der Waals surface area contributed by atoms with Crippen molar-refractivity contribution >= 4 is 33.3 Å². The SMILES string of the molecule is Cc1nc(C)c(C=CCBr)s1. The number of thiazole rings is 1. The van der Waals surface area contributed by atoms with Crippen LogP contribution in [0.2, 0.25) is 0 Å². The number of aromatic nitrogens is 1. The van der Waals surface area contributed by atoms with Gasteiger partial charge in [-0.2, -0.15) is 0 Å². The molecule has 0 bridgehead atoms. The second kappa shape index (κ2) is 4.02. The summed E-state index contributed by atoms with van der Waals surface area (Å²) in [5.74, 6) is 0. The van der Waals surface area contributed by atoms with E-state index < -0.39 is 0 Å². The summed E-state index contributed by atoms with van der Waals surface area (Å²) in [7, 11) is 0. The quantitative estimate of drug-likeness (QED) is 0.713. The molecule has 1 nitrogen and oxygen atoms in total. The molecule has 3 heteroatoms. The Morgan fingerprint density at radius 2 is 2.27 bits per heavy atom. The summed E-state index contributed by atoms with van der Waals surface area (Å²) in [6.07, 6.45) is 4.19. The lowest BCUT2D eigenvalue weighted by Crippen LogP contribution is -1.73. The van der Waals surface area contributed by atoms with Crippen LogP contribution in [0.15, 0.2) is 6.08 Å². The highest BCUT2D eigenvalue weighted by molar-refractivity contribution is 9.09. The maximum absolute atomic E-state index is 4.32. The highest BCUT2D eigenvalue weighted by Gasteiger charge is 1.98. The Labute approximate surface area is 79.3 Å². The van der Waals surface area contributed by atoms with Crippen LogP contribution in [-0.4, -0.2) is 10.3 Å². The zero-order valence-electron chi connectivity index (χ0n) is 6.60. The summed E-state index contributed by atoms with van der Waals surface area (Å²) in [6, 6.07) is 0. The van der Waals surface area contributed by atoms with Crippen molar-refractivity contribution in [3.8, 4) is 0 Å². The first-order chi connectivity index (χ1) is 5.24. The van der Waals surface area contributed by atoms with Crippen molar-refractivity contribution in [2.75, 3.05) is 5.33 Å². The van der Waals surface area contributed by atoms with Gasteiger partial charge in [0.2, 0.25) is 0 Å². The van der Waals surface area contributed by atoms with Gasteiger partial charge < -0.3 is 0 Å². The van der Waals surface area contributed by atoms with Crippen molar-refractivity contribution in [3.05, 3.63) is 21.7 Å². The summed E-state index contributed by atoms with van der Waals surface area (Å²) < 4.78 is 0. The minimum Gasteiger partial charge on any atom is -0.246 e. The van der Waals surface area contributed by atoms with Crippen LogP contribution in [0, 0.1) is 13.8 Å². The van der Waals surface area contributed by atoms with Crippen LogP contribution in [0.5, 0.6) is 0 Å². The van der Waals surface area contributed by atoms with Crippen LogP contribution >= 0.6 is 27.3 Å². The van der Waals surface area contributed by atoms with Gasteiger partial charge in [-0.15, -0.1) is 11.3 Å². The lowest BCUT2D eigenvalue weighted by Gasteiger charge is -1.84. The van der Waals surface area contributed by atoms with Gasteiger partial charge in [-0.05, 0) is 19.9 Å². The van der Waals surface area contributed by atoms with E-state index >= 15 is 0 Å². The molecule has 1 aromatic rings. The van der Waals surface area contributed by atoms with E-state index in [0.717, 1.165) is 16.0 Å². The smallest absolute Gasteiger partial charge is 0.0903 e. The maximum atomic E-state index is 4.32. The van der Waals surface area contributed by atoms with Gasteiger partial charge in [-0.25, -0.2) is 4.98 Å². The molecule has 0 amide bonds. The molecule has 0 aliphatic rings. The Morgan fingerprint density at radius 3 is 2.73 bits per heavy atom. The third kappa shape index (κ3) is 2.42. The van der Waals surface area contributed by atoms with Gasteiger partial charge in [0.15, 0.2) is 0 Å². The molecule has 0 N–H and O–H groups in total. The molecule has 1 aromatic heterocycles. The van der Waals surface area contributed by atoms with Crippen molar-refractivity contribution < 1.29 is 0 Å². The molecule has 0 unspecified atom stereocenters. The molecule has 0 radical (unpaired) electrons. The van der Waals surface area contributed by atoms with Gasteiger partial charge in [0.25, 0.3) is 0 Å². The zero-order chi connectivity index (χ0) is 8.27. The van der Waals surface area contributed by atoms with Crippen molar-refractivity contribution in [2.45, 2.75) is 13.8 Å². The number of rotatable bonds is 2. The van der Waals surface area contributed by atoms with Gasteiger partial charge in [0.05, 0.1) is 10.7 Å². The Kier molecular flexibility index (Phi) is 3.27. The second-order valence-corrected chi connectivity index (χ2v) is 4.12. The third-order valence-corrected chi connectivity index (χ3v) is 2.71. The minimum absolute atomic E-state index is 0.906. The molecule has 0 saturated carbocycles. The molecule has 0 aliphatic carbocycles. The zero-order valence-corrected chi connectivity index (χ0v) is 9.00. The topological polar surface area (TPSA) is 12.9 Å². The Balaban J connectivity index is 2.85. The van der Waals surface area contributed by atoms with Crippen LogP contribution in [0.3, 0.4) is 0 Å². The Bertz CT molecular complexity index is 265. The van der Waals surface area contributed by atoms with E-state index in [-0.39, 0.29) is 0 Å². The Morgan fingerprint density at radius 1 is 1.55 bits per heavy atom. The predicted octanol–water partition coefficient (Wildman–Crippen LogP) is 3.17. The van der Waals surface area contributed by atoms with E-state index in [0.29, 0.717) is 0 Å². The summed E-state index contributed by atoms with van der Waals surface area (Å²) in [5.41, 5.74) is 1.13. The summed E-state index contributed by atoms with van der Waals surface area (Å²) >= 11 is 5.07. The summed E-state index contributed by atoms with van der Waals surface area (Å²) in [6.45, 7) is 4.07. The van der Waals surface area contributed by atoms with E-state index in [4.69, 9.17) is 0 Å². The largest absolute Gasteiger partial charge is 0.246 e. The van der Waals surface area contributed by atoms with Gasteiger partial charge in [-0.3, -0.25) is 0 Å². The molecular weight excluding hydrogens is 222 g/mol. The molecule has 60 valence electrons. The molecule has 0 saturated heterocycles. The molecule has 11 heavy (non-hydrogen) atoms. The molecule has 0 aromatic carbocycles. The molecule has 0 fully saturated rings. The van der Waals surface area contributed by atoms with E-state index in [1.807, 2.05) is 13.8 Å². The number of aryl methyl sites for hydroxylation is 2. The highest BCUT2D eigenvalue weighted by Crippen LogP contribution is 2.18. The van der Waals surface area contributed by atoms with Crippen LogP contribution < -0.4 is 0 Å². The van der Waals surface area contributed by atoms with Crippen LogP contribution in [0.25, 0.3) is 6.08 Å². The van der Waals surface area contributed by atoms with Crippen molar-refractivity contribution in [2.24, 2.45) is 0 Å². The predicted molar refractivity (Wildman–Crippen MR) is 54.4 cm³/mol. The van der Waals surface area contributed by atoms with Gasteiger partial charge >= 0.3 is 0 Å². The van der Waals surface area contributed by atoms with Gasteiger partial charge in [0.1, 0.15) is 0 Å². The summed E-state index contributed by atoms with van der Waals surface area (Å²) in [4.78, 5) is 5.58. The number of allylic oxidation sites excluding steroid dienone is 1. The lowest BCUT2D eigenvalue weighted by molar-refractivity contribution is 1.20. The lowest BCUT2D eigenvalue weighted by atomic mass is 10.4. The van der Waals surface area contributed by atoms with Crippen LogP contribution in [0.4, 0.5) is 0 Å². The van der Waals surface area contributed by atoms with Crippen LogP contribution in [0.1, 0.15) is 15.6 Å². The monoisotopic (exact) mass is 231 g/mol. The fourth-order valence-electron chi connectivity index (χ4n) is 0.853. The minimum atomic E-state index is 0.906. The van der Waals surface area contributed by atoms with Crippen molar-refractivity contribution in [3.63, 3.8) is 0 Å². The first-order valence-electron chi connectivity index (χ1n) is 3.40. The van der Waals surface area contributed by atoms with E-state index in [1.54, 1.807) is 11.3 Å². The van der Waals surface area contributed by atoms with Gasteiger partial charge in [0, 0.05) is 10.2 Å². The molecule has 0 aliphatic heterocycles. The molecule has 1 rings (SSSR count). The Hall–Kier alpha value is -0.150. The number of hydrogen-bond donors (Lipinski definition) is 0. The third-order valence-electron chi connectivity index (χ3n) is 1.30. The van der Waals surface area contributed by atoms with Crippen molar-refractivity contribution in [1.29, 1.82) is 0 Å². The summed E-state index contributed by atoms with van der Waals surface area (Å²) in [5, 5.41) is 2.04. The first-order valence-corrected chi connectivity index (χ1v) is 5.34. The highest BCUT2D eigenvalue weighted by atomic mass is 79.9. The number of halogens is 1. The molecule has 1 heterocycles. The standard InChI is InChI=1S/C8H10BrNS/c1-6-8(4-3-5-9)11-7(2)10-6/h3-4H,5H2,1-2H3. The maximum Gasteiger partial charge on any atom is 0.0903 e. The average Bonchev–Trinajstić information content (AvgIpc) is 2.26. The number of nitrogens with zero attached hydrogens (tertiary/aromatic N) is 1. The fourth-order valence-corrected chi connectivity index (χ4v) is 1.90. The van der Waals surface area contributed by atoms with E-state index in [1.165, 1.54) is 4.88 Å². The normalized spacial score (nSPS) is 11.2. The first kappa shape index (κ1) is 8.94. The fraction of sp³-hybridized carbons (Fsp3) is 0.375.